The molecule has 132 valence electrons. The number of nitrogens with one attached hydrogen (secondary N) is 2. The van der Waals surface area contributed by atoms with E-state index in [0.29, 0.717) is 18.8 Å². The number of carbonyl (C=O) groups excluding carboxylic acids is 2. The molecule has 2 amide bonds. The largest absolute Gasteiger partial charge is 0.448 e. The predicted octanol–water partition coefficient (Wildman–Crippen LogP) is 1.15. The van der Waals surface area contributed by atoms with Crippen LogP contribution in [-0.2, 0) is 19.6 Å². The van der Waals surface area contributed by atoms with Crippen LogP contribution in [0.2, 0.25) is 0 Å². The Morgan fingerprint density at radius 2 is 1.96 bits per heavy atom. The Hall–Kier alpha value is -2.13. The first-order chi connectivity index (χ1) is 11.3. The molecule has 2 N–H and O–H groups in total. The quantitative estimate of drug-likeness (QED) is 0.763. The molecule has 1 heterocycles. The van der Waals surface area contributed by atoms with Gasteiger partial charge in [-0.15, -0.1) is 0 Å². The third-order valence-electron chi connectivity index (χ3n) is 3.29. The van der Waals surface area contributed by atoms with Crippen molar-refractivity contribution in [2.24, 2.45) is 0 Å². The van der Waals surface area contributed by atoms with Crippen LogP contribution < -0.4 is 10.0 Å². The molecule has 0 spiro atoms. The van der Waals surface area contributed by atoms with Gasteiger partial charge >= 0.3 is 6.09 Å². The zero-order valence-electron chi connectivity index (χ0n) is 13.6. The fraction of sp³-hybridized carbons (Fsp3) is 0.467. The third kappa shape index (κ3) is 4.93. The number of benzene rings is 1. The molecule has 1 saturated heterocycles. The molecule has 1 fully saturated rings. The summed E-state index contributed by atoms with van der Waals surface area (Å²) in [5, 5.41) is 2.67. The lowest BCUT2D eigenvalue weighted by Crippen LogP contribution is -2.30. The van der Waals surface area contributed by atoms with E-state index in [2.05, 4.69) is 10.0 Å². The molecule has 0 unspecified atom stereocenters. The van der Waals surface area contributed by atoms with Gasteiger partial charge in [-0.1, -0.05) is 0 Å². The van der Waals surface area contributed by atoms with Gasteiger partial charge in [0.1, 0.15) is 6.61 Å². The summed E-state index contributed by atoms with van der Waals surface area (Å²) < 4.78 is 31.3. The van der Waals surface area contributed by atoms with Crippen LogP contribution in [0.1, 0.15) is 20.3 Å². The summed E-state index contributed by atoms with van der Waals surface area (Å²) in [6, 6.07) is 5.70. The second kappa shape index (κ2) is 7.63. The van der Waals surface area contributed by atoms with Gasteiger partial charge < -0.3 is 15.0 Å². The van der Waals surface area contributed by atoms with E-state index in [-0.39, 0.29) is 29.8 Å². The minimum atomic E-state index is -3.55. The Balaban J connectivity index is 1.89. The van der Waals surface area contributed by atoms with E-state index in [1.54, 1.807) is 13.8 Å². The van der Waals surface area contributed by atoms with Crippen molar-refractivity contribution < 1.29 is 22.7 Å². The van der Waals surface area contributed by atoms with Crippen molar-refractivity contribution in [1.29, 1.82) is 0 Å². The number of nitrogens with zero attached hydrogens (tertiary/aromatic N) is 1. The van der Waals surface area contributed by atoms with Gasteiger partial charge in [-0.25, -0.2) is 17.9 Å². The molecule has 1 aromatic rings. The SMILES string of the molecule is CC(C)NS(=O)(=O)c1ccc(NC(=O)CCN2CCOC2=O)cc1. The number of rotatable bonds is 7. The molecule has 9 heteroatoms. The summed E-state index contributed by atoms with van der Waals surface area (Å²) >= 11 is 0. The van der Waals surface area contributed by atoms with Crippen molar-refractivity contribution >= 4 is 27.7 Å². The summed E-state index contributed by atoms with van der Waals surface area (Å²) in [7, 11) is -3.55. The molecular formula is C15H21N3O5S. The van der Waals surface area contributed by atoms with Gasteiger partial charge in [0.2, 0.25) is 15.9 Å². The Kier molecular flexibility index (Phi) is 5.79. The molecule has 24 heavy (non-hydrogen) atoms. The monoisotopic (exact) mass is 355 g/mol. The molecule has 0 bridgehead atoms. The standard InChI is InChI=1S/C15H21N3O5S/c1-11(2)17-24(21,22)13-5-3-12(4-6-13)16-14(19)7-8-18-9-10-23-15(18)20/h3-6,11,17H,7-10H2,1-2H3,(H,16,19). The molecule has 0 radical (unpaired) electrons. The zero-order chi connectivity index (χ0) is 17.7. The molecule has 1 aliphatic heterocycles. The van der Waals surface area contributed by atoms with Crippen molar-refractivity contribution in [1.82, 2.24) is 9.62 Å². The topological polar surface area (TPSA) is 105 Å². The molecule has 0 atom stereocenters. The zero-order valence-corrected chi connectivity index (χ0v) is 14.4. The number of cyclic esters (lactones) is 1. The highest BCUT2D eigenvalue weighted by Crippen LogP contribution is 2.15. The Labute approximate surface area is 141 Å². The third-order valence-corrected chi connectivity index (χ3v) is 4.97. The lowest BCUT2D eigenvalue weighted by atomic mass is 10.3. The maximum Gasteiger partial charge on any atom is 0.409 e. The molecule has 0 saturated carbocycles. The highest BCUT2D eigenvalue weighted by Gasteiger charge is 2.22. The van der Waals surface area contributed by atoms with Gasteiger partial charge in [0.25, 0.3) is 0 Å². The average molecular weight is 355 g/mol. The fourth-order valence-electron chi connectivity index (χ4n) is 2.18. The van der Waals surface area contributed by atoms with Crippen LogP contribution >= 0.6 is 0 Å². The first-order valence-corrected chi connectivity index (χ1v) is 9.10. The van der Waals surface area contributed by atoms with Gasteiger partial charge in [0.15, 0.2) is 0 Å². The minimum absolute atomic E-state index is 0.133. The normalized spacial score (nSPS) is 14.8. The number of anilines is 1. The van der Waals surface area contributed by atoms with E-state index >= 15 is 0 Å². The second-order valence-corrected chi connectivity index (χ2v) is 7.41. The lowest BCUT2D eigenvalue weighted by molar-refractivity contribution is -0.116. The van der Waals surface area contributed by atoms with E-state index < -0.39 is 16.1 Å². The van der Waals surface area contributed by atoms with Gasteiger partial charge in [0.05, 0.1) is 11.4 Å². The first kappa shape index (κ1) is 18.2. The Bertz CT molecular complexity index is 700. The summed E-state index contributed by atoms with van der Waals surface area (Å²) in [5.41, 5.74) is 0.493. The number of ether oxygens (including phenoxy) is 1. The van der Waals surface area contributed by atoms with Crippen molar-refractivity contribution in [3.8, 4) is 0 Å². The Morgan fingerprint density at radius 1 is 1.29 bits per heavy atom. The van der Waals surface area contributed by atoms with E-state index in [9.17, 15) is 18.0 Å². The van der Waals surface area contributed by atoms with Crippen molar-refractivity contribution in [2.45, 2.75) is 31.2 Å². The smallest absolute Gasteiger partial charge is 0.409 e. The van der Waals surface area contributed by atoms with Crippen LogP contribution in [0.3, 0.4) is 0 Å². The predicted molar refractivity (Wildman–Crippen MR) is 88.1 cm³/mol. The highest BCUT2D eigenvalue weighted by molar-refractivity contribution is 7.89. The van der Waals surface area contributed by atoms with Crippen molar-refractivity contribution in [2.75, 3.05) is 25.0 Å². The number of sulfonamides is 1. The van der Waals surface area contributed by atoms with Gasteiger partial charge in [-0.2, -0.15) is 0 Å². The van der Waals surface area contributed by atoms with Crippen LogP contribution in [-0.4, -0.2) is 51.1 Å². The number of hydrogen-bond donors (Lipinski definition) is 2. The van der Waals surface area contributed by atoms with Crippen LogP contribution in [0.5, 0.6) is 0 Å². The summed E-state index contributed by atoms with van der Waals surface area (Å²) in [4.78, 5) is 24.7. The molecule has 2 rings (SSSR count). The van der Waals surface area contributed by atoms with Crippen LogP contribution in [0.25, 0.3) is 0 Å². The minimum Gasteiger partial charge on any atom is -0.448 e. The molecule has 1 aromatic carbocycles. The summed E-state index contributed by atoms with van der Waals surface area (Å²) in [6.45, 7) is 4.60. The molecule has 0 aromatic heterocycles. The Morgan fingerprint density at radius 3 is 2.50 bits per heavy atom. The van der Waals surface area contributed by atoms with Gasteiger partial charge in [0, 0.05) is 24.7 Å². The fourth-order valence-corrected chi connectivity index (χ4v) is 3.44. The van der Waals surface area contributed by atoms with Crippen LogP contribution in [0.4, 0.5) is 10.5 Å². The van der Waals surface area contributed by atoms with Gasteiger partial charge in [-0.05, 0) is 38.1 Å². The molecular weight excluding hydrogens is 334 g/mol. The van der Waals surface area contributed by atoms with E-state index in [4.69, 9.17) is 4.74 Å². The average Bonchev–Trinajstić information content (AvgIpc) is 2.90. The number of carbonyl (C=O) groups is 2. The summed E-state index contributed by atoms with van der Waals surface area (Å²) in [6.07, 6.45) is -0.264. The summed E-state index contributed by atoms with van der Waals surface area (Å²) in [5.74, 6) is -0.259. The molecule has 8 nitrogen and oxygen atoms in total. The van der Waals surface area contributed by atoms with E-state index in [1.165, 1.54) is 29.2 Å². The van der Waals surface area contributed by atoms with Gasteiger partial charge in [-0.3, -0.25) is 4.79 Å². The number of amides is 2. The maximum atomic E-state index is 12.0. The first-order valence-electron chi connectivity index (χ1n) is 7.62. The second-order valence-electron chi connectivity index (χ2n) is 5.70. The van der Waals surface area contributed by atoms with Crippen LogP contribution in [0, 0.1) is 0 Å². The van der Waals surface area contributed by atoms with E-state index in [0.717, 1.165) is 0 Å². The lowest BCUT2D eigenvalue weighted by Gasteiger charge is -2.12. The molecule has 0 aliphatic carbocycles. The van der Waals surface area contributed by atoms with E-state index in [1.807, 2.05) is 0 Å². The van der Waals surface area contributed by atoms with Crippen molar-refractivity contribution in [3.05, 3.63) is 24.3 Å². The maximum absolute atomic E-state index is 12.0. The van der Waals surface area contributed by atoms with Crippen molar-refractivity contribution in [3.63, 3.8) is 0 Å². The number of hydrogen-bond acceptors (Lipinski definition) is 5. The highest BCUT2D eigenvalue weighted by atomic mass is 32.2. The molecule has 1 aliphatic rings. The van der Waals surface area contributed by atoms with Crippen LogP contribution in [0.15, 0.2) is 29.2 Å².